The smallest absolute Gasteiger partial charge is 0.316 e. The number of nitrogens with two attached hydrogens (primary N) is 1. The van der Waals surface area contributed by atoms with Gasteiger partial charge in [-0.25, -0.2) is 4.79 Å². The van der Waals surface area contributed by atoms with Crippen molar-refractivity contribution in [1.29, 1.82) is 0 Å². The van der Waals surface area contributed by atoms with Gasteiger partial charge in [-0.2, -0.15) is 0 Å². The lowest BCUT2D eigenvalue weighted by atomic mass is 10.1. The molecule has 0 atom stereocenters. The normalized spacial score (nSPS) is 10.1. The summed E-state index contributed by atoms with van der Waals surface area (Å²) < 4.78 is 0. The van der Waals surface area contributed by atoms with Crippen LogP contribution in [-0.2, 0) is 0 Å². The highest BCUT2D eigenvalue weighted by atomic mass is 16.3. The molecule has 0 saturated carbocycles. The van der Waals surface area contributed by atoms with E-state index in [0.717, 1.165) is 25.7 Å². The van der Waals surface area contributed by atoms with Crippen molar-refractivity contribution in [3.63, 3.8) is 0 Å². The Kier molecular flexibility index (Phi) is 7.13. The molecule has 20 heavy (non-hydrogen) atoms. The van der Waals surface area contributed by atoms with E-state index in [1.54, 1.807) is 24.3 Å². The number of carbonyl (C=O) groups is 2. The molecule has 6 nitrogen and oxygen atoms in total. The topological polar surface area (TPSA) is 104 Å². The van der Waals surface area contributed by atoms with Gasteiger partial charge in [0.2, 0.25) is 0 Å². The summed E-state index contributed by atoms with van der Waals surface area (Å²) in [6.07, 6.45) is 3.66. The Morgan fingerprint density at radius 3 is 2.30 bits per heavy atom. The van der Waals surface area contributed by atoms with Gasteiger partial charge >= 0.3 is 6.03 Å². The Morgan fingerprint density at radius 1 is 1.05 bits per heavy atom. The van der Waals surface area contributed by atoms with Crippen molar-refractivity contribution in [2.75, 3.05) is 18.5 Å². The average molecular weight is 279 g/mol. The first kappa shape index (κ1) is 16.0. The summed E-state index contributed by atoms with van der Waals surface area (Å²) in [6.45, 7) is 0.837. The molecule has 0 aliphatic heterocycles. The van der Waals surface area contributed by atoms with Gasteiger partial charge in [-0.3, -0.25) is 4.79 Å². The summed E-state index contributed by atoms with van der Waals surface area (Å²) in [7, 11) is 0. The summed E-state index contributed by atoms with van der Waals surface area (Å²) >= 11 is 0. The fraction of sp³-hybridized carbons (Fsp3) is 0.429. The third-order valence-electron chi connectivity index (χ3n) is 2.79. The molecule has 0 aromatic heterocycles. The van der Waals surface area contributed by atoms with E-state index in [9.17, 15) is 9.59 Å². The van der Waals surface area contributed by atoms with Crippen molar-refractivity contribution in [2.45, 2.75) is 25.7 Å². The Bertz CT molecular complexity index is 432. The van der Waals surface area contributed by atoms with Crippen LogP contribution in [0.25, 0.3) is 0 Å². The number of hydrogen-bond donors (Lipinski definition) is 4. The van der Waals surface area contributed by atoms with Crippen molar-refractivity contribution >= 4 is 17.6 Å². The molecule has 0 heterocycles. The molecule has 6 heteroatoms. The van der Waals surface area contributed by atoms with Crippen molar-refractivity contribution in [2.24, 2.45) is 5.73 Å². The first-order chi connectivity index (χ1) is 9.63. The lowest BCUT2D eigenvalue weighted by Gasteiger charge is -2.06. The van der Waals surface area contributed by atoms with Gasteiger partial charge in [-0.15, -0.1) is 0 Å². The zero-order valence-electron chi connectivity index (χ0n) is 11.4. The van der Waals surface area contributed by atoms with E-state index < -0.39 is 6.03 Å². The fourth-order valence-corrected chi connectivity index (χ4v) is 1.74. The molecule has 0 spiro atoms. The monoisotopic (exact) mass is 279 g/mol. The van der Waals surface area contributed by atoms with Crippen molar-refractivity contribution in [1.82, 2.24) is 5.32 Å². The van der Waals surface area contributed by atoms with Gasteiger partial charge in [0, 0.05) is 24.4 Å². The van der Waals surface area contributed by atoms with Gasteiger partial charge in [-0.1, -0.05) is 12.8 Å². The Morgan fingerprint density at radius 2 is 1.70 bits per heavy atom. The van der Waals surface area contributed by atoms with Gasteiger partial charge in [0.25, 0.3) is 5.91 Å². The van der Waals surface area contributed by atoms with Crippen LogP contribution in [0, 0.1) is 0 Å². The molecule has 0 fully saturated rings. The number of aliphatic hydroxyl groups is 1. The van der Waals surface area contributed by atoms with E-state index in [1.807, 2.05) is 0 Å². The molecule has 1 rings (SSSR count). The Hall–Kier alpha value is -2.08. The summed E-state index contributed by atoms with van der Waals surface area (Å²) in [5.74, 6) is -0.141. The fourth-order valence-electron chi connectivity index (χ4n) is 1.74. The molecule has 0 bridgehead atoms. The SMILES string of the molecule is NC(=O)Nc1ccc(C(=O)NCCCCCCO)cc1. The summed E-state index contributed by atoms with van der Waals surface area (Å²) in [4.78, 5) is 22.5. The maximum atomic E-state index is 11.8. The quantitative estimate of drug-likeness (QED) is 0.541. The third kappa shape index (κ3) is 6.19. The number of hydrogen-bond acceptors (Lipinski definition) is 3. The number of aliphatic hydroxyl groups excluding tert-OH is 1. The van der Waals surface area contributed by atoms with E-state index in [0.29, 0.717) is 17.8 Å². The van der Waals surface area contributed by atoms with Crippen molar-refractivity contribution in [3.05, 3.63) is 29.8 Å². The van der Waals surface area contributed by atoms with Gasteiger partial charge < -0.3 is 21.5 Å². The Balaban J connectivity index is 2.30. The van der Waals surface area contributed by atoms with Crippen LogP contribution in [0.5, 0.6) is 0 Å². The van der Waals surface area contributed by atoms with Crippen LogP contribution in [0.15, 0.2) is 24.3 Å². The van der Waals surface area contributed by atoms with E-state index in [-0.39, 0.29) is 12.5 Å². The molecular formula is C14H21N3O3. The summed E-state index contributed by atoms with van der Waals surface area (Å²) in [5.41, 5.74) is 6.08. The van der Waals surface area contributed by atoms with Crippen LogP contribution in [-0.4, -0.2) is 30.2 Å². The van der Waals surface area contributed by atoms with E-state index >= 15 is 0 Å². The molecule has 110 valence electrons. The van der Waals surface area contributed by atoms with E-state index in [1.165, 1.54) is 0 Å². The molecular weight excluding hydrogens is 258 g/mol. The highest BCUT2D eigenvalue weighted by molar-refractivity contribution is 5.95. The maximum Gasteiger partial charge on any atom is 0.316 e. The lowest BCUT2D eigenvalue weighted by molar-refractivity contribution is 0.0953. The zero-order valence-corrected chi connectivity index (χ0v) is 11.4. The minimum absolute atomic E-state index is 0.141. The lowest BCUT2D eigenvalue weighted by Crippen LogP contribution is -2.24. The van der Waals surface area contributed by atoms with Gasteiger partial charge in [0.05, 0.1) is 0 Å². The average Bonchev–Trinajstić information content (AvgIpc) is 2.42. The minimum Gasteiger partial charge on any atom is -0.396 e. The van der Waals surface area contributed by atoms with Crippen molar-refractivity contribution < 1.29 is 14.7 Å². The van der Waals surface area contributed by atoms with Crippen LogP contribution >= 0.6 is 0 Å². The van der Waals surface area contributed by atoms with Crippen LogP contribution < -0.4 is 16.4 Å². The van der Waals surface area contributed by atoms with E-state index in [4.69, 9.17) is 10.8 Å². The minimum atomic E-state index is -0.634. The molecule has 0 unspecified atom stereocenters. The largest absolute Gasteiger partial charge is 0.396 e. The maximum absolute atomic E-state index is 11.8. The molecule has 3 amide bonds. The number of primary amides is 1. The van der Waals surface area contributed by atoms with Crippen LogP contribution in [0.4, 0.5) is 10.5 Å². The second kappa shape index (κ2) is 8.92. The summed E-state index contributed by atoms with van der Waals surface area (Å²) in [6, 6.07) is 5.88. The number of anilines is 1. The zero-order chi connectivity index (χ0) is 14.8. The third-order valence-corrected chi connectivity index (χ3v) is 2.79. The first-order valence-electron chi connectivity index (χ1n) is 6.69. The number of nitrogens with one attached hydrogen (secondary N) is 2. The highest BCUT2D eigenvalue weighted by Gasteiger charge is 2.04. The second-order valence-corrected chi connectivity index (χ2v) is 4.46. The number of rotatable bonds is 8. The van der Waals surface area contributed by atoms with Crippen LogP contribution in [0.1, 0.15) is 36.0 Å². The molecule has 0 radical (unpaired) electrons. The molecule has 1 aromatic carbocycles. The molecule has 0 saturated heterocycles. The number of unbranched alkanes of at least 4 members (excludes halogenated alkanes) is 3. The Labute approximate surface area is 118 Å². The predicted molar refractivity (Wildman–Crippen MR) is 77.5 cm³/mol. The molecule has 5 N–H and O–H groups in total. The highest BCUT2D eigenvalue weighted by Crippen LogP contribution is 2.09. The number of benzene rings is 1. The van der Waals surface area contributed by atoms with Gasteiger partial charge in [0.15, 0.2) is 0 Å². The van der Waals surface area contributed by atoms with Gasteiger partial charge in [-0.05, 0) is 37.1 Å². The van der Waals surface area contributed by atoms with Crippen LogP contribution in [0.3, 0.4) is 0 Å². The molecule has 0 aliphatic rings. The molecule has 1 aromatic rings. The van der Waals surface area contributed by atoms with Crippen molar-refractivity contribution in [3.8, 4) is 0 Å². The number of amides is 3. The standard InChI is InChI=1S/C14H21N3O3/c15-14(20)17-12-7-5-11(6-8-12)13(19)16-9-3-1-2-4-10-18/h5-8,18H,1-4,9-10H2,(H,16,19)(H3,15,17,20). The second-order valence-electron chi connectivity index (χ2n) is 4.46. The number of urea groups is 1. The molecule has 0 aliphatic carbocycles. The van der Waals surface area contributed by atoms with Gasteiger partial charge in [0.1, 0.15) is 0 Å². The predicted octanol–water partition coefficient (Wildman–Crippen LogP) is 1.46. The number of carbonyl (C=O) groups excluding carboxylic acids is 2. The first-order valence-corrected chi connectivity index (χ1v) is 6.69. The summed E-state index contributed by atoms with van der Waals surface area (Å²) in [5, 5.41) is 13.9. The van der Waals surface area contributed by atoms with Crippen LogP contribution in [0.2, 0.25) is 0 Å². The van der Waals surface area contributed by atoms with E-state index in [2.05, 4.69) is 10.6 Å².